The molecule has 1 N–H and O–H groups in total. The van der Waals surface area contributed by atoms with E-state index in [1.807, 2.05) is 52.0 Å². The van der Waals surface area contributed by atoms with E-state index in [0.29, 0.717) is 21.1 Å². The van der Waals surface area contributed by atoms with E-state index in [4.69, 9.17) is 11.6 Å². The van der Waals surface area contributed by atoms with Crippen LogP contribution in [-0.4, -0.2) is 35.9 Å². The molecule has 0 aliphatic rings. The number of carbonyl (C=O) groups is 1. The number of hydrogen-bond acceptors (Lipinski definition) is 7. The van der Waals surface area contributed by atoms with Crippen LogP contribution in [0.1, 0.15) is 28.3 Å². The van der Waals surface area contributed by atoms with Crippen molar-refractivity contribution in [2.75, 3.05) is 5.32 Å². The molecule has 0 unspecified atom stereocenters. The largest absolute Gasteiger partial charge is 0.300 e. The topological polar surface area (TPSA) is 98.5 Å². The highest BCUT2D eigenvalue weighted by molar-refractivity contribution is 7.18. The number of anilines is 1. The summed E-state index contributed by atoms with van der Waals surface area (Å²) >= 11 is 7.49. The molecule has 0 aliphatic heterocycles. The second kappa shape index (κ2) is 8.52. The molecule has 0 aliphatic carbocycles. The standard InChI is InChI=1S/C21H20ClN7OS/c1-11-9-12(2)24-20(23-11)29-14(4)16(13(3)28-29)10-18(30)25-21-27-26-19(31-21)15-7-5-6-8-17(15)22/h5-9H,10H2,1-4H3,(H,25,27,30). The molecule has 1 aromatic carbocycles. The van der Waals surface area contributed by atoms with E-state index >= 15 is 0 Å². The zero-order chi connectivity index (χ0) is 22.1. The lowest BCUT2D eigenvalue weighted by Crippen LogP contribution is -2.15. The van der Waals surface area contributed by atoms with E-state index in [9.17, 15) is 4.79 Å². The van der Waals surface area contributed by atoms with Crippen molar-refractivity contribution in [1.82, 2.24) is 29.9 Å². The van der Waals surface area contributed by atoms with E-state index in [-0.39, 0.29) is 12.3 Å². The Bertz CT molecular complexity index is 1260. The molecule has 4 rings (SSSR count). The van der Waals surface area contributed by atoms with Gasteiger partial charge in [-0.1, -0.05) is 41.1 Å². The first-order valence-electron chi connectivity index (χ1n) is 9.58. The molecule has 3 heterocycles. The molecule has 158 valence electrons. The van der Waals surface area contributed by atoms with Crippen LogP contribution in [0.15, 0.2) is 30.3 Å². The summed E-state index contributed by atoms with van der Waals surface area (Å²) in [6.45, 7) is 7.60. The molecule has 0 saturated carbocycles. The second-order valence-corrected chi connectivity index (χ2v) is 8.51. The zero-order valence-corrected chi connectivity index (χ0v) is 19.0. The Morgan fingerprint density at radius 2 is 1.81 bits per heavy atom. The summed E-state index contributed by atoms with van der Waals surface area (Å²) in [7, 11) is 0. The molecule has 0 radical (unpaired) electrons. The molecular formula is C21H20ClN7OS. The number of amides is 1. The first-order valence-corrected chi connectivity index (χ1v) is 10.8. The minimum Gasteiger partial charge on any atom is -0.300 e. The van der Waals surface area contributed by atoms with Gasteiger partial charge in [0.15, 0.2) is 5.01 Å². The number of nitrogens with zero attached hydrogens (tertiary/aromatic N) is 6. The van der Waals surface area contributed by atoms with Crippen molar-refractivity contribution in [3.8, 4) is 16.5 Å². The minimum absolute atomic E-state index is 0.156. The number of halogens is 1. The predicted octanol–water partition coefficient (Wildman–Crippen LogP) is 4.25. The average molecular weight is 454 g/mol. The van der Waals surface area contributed by atoms with Gasteiger partial charge in [0.25, 0.3) is 5.95 Å². The third kappa shape index (κ3) is 4.47. The Hall–Kier alpha value is -3.17. The number of nitrogens with one attached hydrogen (secondary N) is 1. The van der Waals surface area contributed by atoms with Crippen LogP contribution in [0.4, 0.5) is 5.13 Å². The van der Waals surface area contributed by atoms with Crippen LogP contribution in [0.5, 0.6) is 0 Å². The molecule has 0 spiro atoms. The molecule has 1 amide bonds. The maximum atomic E-state index is 12.7. The molecule has 0 fully saturated rings. The quantitative estimate of drug-likeness (QED) is 0.485. The van der Waals surface area contributed by atoms with E-state index in [1.165, 1.54) is 11.3 Å². The highest BCUT2D eigenvalue weighted by atomic mass is 35.5. The highest BCUT2D eigenvalue weighted by Gasteiger charge is 2.19. The Kier molecular flexibility index (Phi) is 5.79. The van der Waals surface area contributed by atoms with Crippen molar-refractivity contribution in [1.29, 1.82) is 0 Å². The van der Waals surface area contributed by atoms with Crippen LogP contribution < -0.4 is 5.32 Å². The SMILES string of the molecule is Cc1cc(C)nc(-n2nc(C)c(CC(=O)Nc3nnc(-c4ccccc4Cl)s3)c2C)n1. The summed E-state index contributed by atoms with van der Waals surface area (Å²) in [4.78, 5) is 21.6. The summed E-state index contributed by atoms with van der Waals surface area (Å²) in [5.41, 5.74) is 4.91. The third-order valence-corrected chi connectivity index (χ3v) is 5.92. The van der Waals surface area contributed by atoms with Crippen molar-refractivity contribution in [3.05, 3.63) is 63.7 Å². The lowest BCUT2D eigenvalue weighted by Gasteiger charge is -2.06. The maximum absolute atomic E-state index is 12.7. The van der Waals surface area contributed by atoms with Crippen molar-refractivity contribution < 1.29 is 4.79 Å². The molecule has 3 aromatic heterocycles. The van der Waals surface area contributed by atoms with E-state index in [2.05, 4.69) is 30.6 Å². The van der Waals surface area contributed by atoms with Crippen molar-refractivity contribution in [2.24, 2.45) is 0 Å². The van der Waals surface area contributed by atoms with Gasteiger partial charge in [-0.2, -0.15) is 5.10 Å². The molecule has 0 saturated heterocycles. The van der Waals surface area contributed by atoms with Crippen LogP contribution in [0.25, 0.3) is 16.5 Å². The molecule has 31 heavy (non-hydrogen) atoms. The van der Waals surface area contributed by atoms with Gasteiger partial charge in [-0.05, 0) is 39.8 Å². The van der Waals surface area contributed by atoms with E-state index in [1.54, 1.807) is 10.7 Å². The lowest BCUT2D eigenvalue weighted by molar-refractivity contribution is -0.115. The van der Waals surface area contributed by atoms with Gasteiger partial charge in [-0.25, -0.2) is 14.6 Å². The lowest BCUT2D eigenvalue weighted by atomic mass is 10.1. The van der Waals surface area contributed by atoms with Gasteiger partial charge >= 0.3 is 0 Å². The summed E-state index contributed by atoms with van der Waals surface area (Å²) < 4.78 is 1.68. The van der Waals surface area contributed by atoms with Crippen LogP contribution in [-0.2, 0) is 11.2 Å². The van der Waals surface area contributed by atoms with Crippen LogP contribution in [0.2, 0.25) is 5.02 Å². The average Bonchev–Trinajstić information content (AvgIpc) is 3.27. The summed E-state index contributed by atoms with van der Waals surface area (Å²) in [6.07, 6.45) is 0.156. The molecule has 10 heteroatoms. The van der Waals surface area contributed by atoms with Crippen LogP contribution in [0.3, 0.4) is 0 Å². The first-order chi connectivity index (χ1) is 14.8. The highest BCUT2D eigenvalue weighted by Crippen LogP contribution is 2.31. The van der Waals surface area contributed by atoms with E-state index in [0.717, 1.165) is 33.9 Å². The van der Waals surface area contributed by atoms with Gasteiger partial charge in [0, 0.05) is 28.2 Å². The fourth-order valence-electron chi connectivity index (χ4n) is 3.27. The fraction of sp³-hybridized carbons (Fsp3) is 0.238. The molecule has 0 bridgehead atoms. The molecule has 0 atom stereocenters. The smallest absolute Gasteiger partial charge is 0.251 e. The Balaban J connectivity index is 1.52. The monoisotopic (exact) mass is 453 g/mol. The van der Waals surface area contributed by atoms with Gasteiger partial charge in [0.1, 0.15) is 0 Å². The van der Waals surface area contributed by atoms with Gasteiger partial charge in [0.2, 0.25) is 11.0 Å². The predicted molar refractivity (Wildman–Crippen MR) is 121 cm³/mol. The third-order valence-electron chi connectivity index (χ3n) is 4.71. The maximum Gasteiger partial charge on any atom is 0.251 e. The minimum atomic E-state index is -0.200. The van der Waals surface area contributed by atoms with E-state index < -0.39 is 0 Å². The molecule has 4 aromatic rings. The van der Waals surface area contributed by atoms with Crippen molar-refractivity contribution >= 4 is 34.0 Å². The van der Waals surface area contributed by atoms with Gasteiger partial charge in [-0.3, -0.25) is 4.79 Å². The van der Waals surface area contributed by atoms with Crippen LogP contribution >= 0.6 is 22.9 Å². The fourth-order valence-corrected chi connectivity index (χ4v) is 4.35. The van der Waals surface area contributed by atoms with Gasteiger partial charge < -0.3 is 5.32 Å². The summed E-state index contributed by atoms with van der Waals surface area (Å²) in [6, 6.07) is 9.29. The summed E-state index contributed by atoms with van der Waals surface area (Å²) in [5, 5.41) is 17.2. The number of aromatic nitrogens is 6. The second-order valence-electron chi connectivity index (χ2n) is 7.13. The molecular weight excluding hydrogens is 434 g/mol. The number of aryl methyl sites for hydroxylation is 3. The number of rotatable bonds is 5. The Labute approximate surface area is 188 Å². The number of carbonyl (C=O) groups excluding carboxylic acids is 1. The zero-order valence-electron chi connectivity index (χ0n) is 17.5. The van der Waals surface area contributed by atoms with Gasteiger partial charge in [-0.15, -0.1) is 10.2 Å². The van der Waals surface area contributed by atoms with Crippen molar-refractivity contribution in [2.45, 2.75) is 34.1 Å². The van der Waals surface area contributed by atoms with Crippen molar-refractivity contribution in [3.63, 3.8) is 0 Å². The number of benzene rings is 1. The first kappa shape index (κ1) is 21.1. The summed E-state index contributed by atoms with van der Waals surface area (Å²) in [5.74, 6) is 0.298. The van der Waals surface area contributed by atoms with Crippen LogP contribution in [0, 0.1) is 27.7 Å². The normalized spacial score (nSPS) is 11.0. The number of hydrogen-bond donors (Lipinski definition) is 1. The van der Waals surface area contributed by atoms with Gasteiger partial charge in [0.05, 0.1) is 17.1 Å². The Morgan fingerprint density at radius 1 is 1.10 bits per heavy atom. The Morgan fingerprint density at radius 3 is 2.52 bits per heavy atom. The molecule has 8 nitrogen and oxygen atoms in total.